The van der Waals surface area contributed by atoms with Crippen molar-refractivity contribution >= 4 is 6.29 Å². The highest BCUT2D eigenvalue weighted by Gasteiger charge is 1.98. The molecule has 3 heteroatoms. The zero-order valence-electron chi connectivity index (χ0n) is 5.46. The molecule has 48 valence electrons. The fraction of sp³-hybridized carbons (Fsp3) is 0.333. The van der Waals surface area contributed by atoms with Gasteiger partial charge in [0.1, 0.15) is 5.69 Å². The number of aryl methyl sites for hydroxylation is 2. The van der Waals surface area contributed by atoms with E-state index in [0.717, 1.165) is 11.8 Å². The van der Waals surface area contributed by atoms with E-state index in [1.807, 2.05) is 13.1 Å². The van der Waals surface area contributed by atoms with E-state index in [2.05, 4.69) is 5.10 Å². The maximum atomic E-state index is 10.2. The molecule has 1 aromatic rings. The number of aromatic nitrogens is 2. The third kappa shape index (κ3) is 0.988. The number of hydrogen-bond acceptors (Lipinski definition) is 2. The van der Waals surface area contributed by atoms with Crippen LogP contribution in [0.2, 0.25) is 0 Å². The van der Waals surface area contributed by atoms with Crippen LogP contribution in [0, 0.1) is 6.92 Å². The van der Waals surface area contributed by atoms with Crippen molar-refractivity contribution < 1.29 is 4.79 Å². The van der Waals surface area contributed by atoms with Crippen molar-refractivity contribution in [2.24, 2.45) is 7.05 Å². The molecule has 1 aromatic heterocycles. The molecule has 0 saturated carbocycles. The highest BCUT2D eigenvalue weighted by atomic mass is 16.1. The third-order valence-corrected chi connectivity index (χ3v) is 1.16. The van der Waals surface area contributed by atoms with Gasteiger partial charge in [-0.3, -0.25) is 9.48 Å². The van der Waals surface area contributed by atoms with Crippen LogP contribution in [0.1, 0.15) is 16.1 Å². The van der Waals surface area contributed by atoms with Gasteiger partial charge in [0.2, 0.25) is 0 Å². The number of carbonyl (C=O) groups excluding carboxylic acids is 1. The summed E-state index contributed by atoms with van der Waals surface area (Å²) in [5.41, 5.74) is 1.45. The lowest BCUT2D eigenvalue weighted by Gasteiger charge is -1.79. The molecule has 0 bridgehead atoms. The van der Waals surface area contributed by atoms with E-state index in [1.54, 1.807) is 11.7 Å². The van der Waals surface area contributed by atoms with E-state index >= 15 is 0 Å². The average molecular weight is 124 g/mol. The molecule has 0 amide bonds. The van der Waals surface area contributed by atoms with Gasteiger partial charge in [-0.25, -0.2) is 0 Å². The van der Waals surface area contributed by atoms with Crippen molar-refractivity contribution in [1.29, 1.82) is 0 Å². The Morgan fingerprint density at radius 3 is 2.67 bits per heavy atom. The zero-order chi connectivity index (χ0) is 6.85. The first-order valence-electron chi connectivity index (χ1n) is 2.69. The monoisotopic (exact) mass is 124 g/mol. The minimum absolute atomic E-state index is 0.525. The van der Waals surface area contributed by atoms with E-state index in [4.69, 9.17) is 0 Å². The van der Waals surface area contributed by atoms with Crippen LogP contribution in [-0.4, -0.2) is 16.1 Å². The van der Waals surface area contributed by atoms with Gasteiger partial charge in [0, 0.05) is 13.2 Å². The summed E-state index contributed by atoms with van der Waals surface area (Å²) in [6.07, 6.45) is 2.57. The molecule has 0 saturated heterocycles. The lowest BCUT2D eigenvalue weighted by Crippen LogP contribution is -1.88. The molecule has 0 spiro atoms. The van der Waals surface area contributed by atoms with Crippen LogP contribution in [0.4, 0.5) is 0 Å². The van der Waals surface area contributed by atoms with E-state index in [0.29, 0.717) is 5.69 Å². The quantitative estimate of drug-likeness (QED) is 0.512. The van der Waals surface area contributed by atoms with Gasteiger partial charge in [-0.15, -0.1) is 0 Å². The van der Waals surface area contributed by atoms with Gasteiger partial charge < -0.3 is 0 Å². The molecule has 0 atom stereocenters. The molecule has 0 fully saturated rings. The van der Waals surface area contributed by atoms with Crippen molar-refractivity contribution in [3.05, 3.63) is 17.5 Å². The number of hydrogen-bond donors (Lipinski definition) is 0. The molecule has 0 N–H and O–H groups in total. The normalized spacial score (nSPS) is 9.56. The Morgan fingerprint density at radius 2 is 2.44 bits per heavy atom. The van der Waals surface area contributed by atoms with E-state index in [-0.39, 0.29) is 0 Å². The summed E-state index contributed by atoms with van der Waals surface area (Å²) in [6.45, 7) is 1.86. The molecule has 1 rings (SSSR count). The van der Waals surface area contributed by atoms with Crippen molar-refractivity contribution in [2.75, 3.05) is 0 Å². The summed E-state index contributed by atoms with van der Waals surface area (Å²) in [4.78, 5) is 10.2. The first-order chi connectivity index (χ1) is 4.24. The second-order valence-electron chi connectivity index (χ2n) is 1.99. The topological polar surface area (TPSA) is 34.9 Å². The molecular weight excluding hydrogens is 116 g/mol. The van der Waals surface area contributed by atoms with Gasteiger partial charge in [0.05, 0.1) is 0 Å². The van der Waals surface area contributed by atoms with Crippen molar-refractivity contribution in [3.8, 4) is 0 Å². The lowest BCUT2D eigenvalue weighted by atomic mass is 10.3. The van der Waals surface area contributed by atoms with Crippen molar-refractivity contribution in [1.82, 2.24) is 9.78 Å². The van der Waals surface area contributed by atoms with Gasteiger partial charge in [0.25, 0.3) is 0 Å². The summed E-state index contributed by atoms with van der Waals surface area (Å²) in [6, 6.07) is 0. The van der Waals surface area contributed by atoms with Crippen molar-refractivity contribution in [3.63, 3.8) is 0 Å². The number of aldehydes is 1. The summed E-state index contributed by atoms with van der Waals surface area (Å²) in [5.74, 6) is 0. The fourth-order valence-corrected chi connectivity index (χ4v) is 0.741. The predicted octanol–water partition coefficient (Wildman–Crippen LogP) is 0.541. The van der Waals surface area contributed by atoms with Crippen LogP contribution < -0.4 is 0 Å². The SMILES string of the molecule is Cc1cn(C)nc1C=O. The highest BCUT2D eigenvalue weighted by Crippen LogP contribution is 1.98. The van der Waals surface area contributed by atoms with Gasteiger partial charge in [0.15, 0.2) is 6.29 Å². The summed E-state index contributed by atoms with van der Waals surface area (Å²) in [7, 11) is 1.79. The Labute approximate surface area is 53.3 Å². The van der Waals surface area contributed by atoms with E-state index in [1.165, 1.54) is 0 Å². The second-order valence-corrected chi connectivity index (χ2v) is 1.99. The molecule has 1 heterocycles. The van der Waals surface area contributed by atoms with Gasteiger partial charge >= 0.3 is 0 Å². The number of carbonyl (C=O) groups is 1. The summed E-state index contributed by atoms with van der Waals surface area (Å²) in [5, 5.41) is 3.88. The molecule has 0 aliphatic carbocycles. The van der Waals surface area contributed by atoms with Gasteiger partial charge in [-0.1, -0.05) is 0 Å². The second kappa shape index (κ2) is 2.01. The van der Waals surface area contributed by atoms with Gasteiger partial charge in [-0.05, 0) is 12.5 Å². The van der Waals surface area contributed by atoms with Crippen LogP contribution in [0.5, 0.6) is 0 Å². The van der Waals surface area contributed by atoms with Crippen LogP contribution in [-0.2, 0) is 7.05 Å². The molecule has 3 nitrogen and oxygen atoms in total. The predicted molar refractivity (Wildman–Crippen MR) is 33.3 cm³/mol. The summed E-state index contributed by atoms with van der Waals surface area (Å²) < 4.78 is 1.62. The molecule has 0 unspecified atom stereocenters. The van der Waals surface area contributed by atoms with Crippen LogP contribution in [0.15, 0.2) is 6.20 Å². The molecule has 0 aliphatic rings. The van der Waals surface area contributed by atoms with E-state index < -0.39 is 0 Å². The number of nitrogens with zero attached hydrogens (tertiary/aromatic N) is 2. The number of rotatable bonds is 1. The molecule has 9 heavy (non-hydrogen) atoms. The first kappa shape index (κ1) is 6.01. The lowest BCUT2D eigenvalue weighted by molar-refractivity contribution is 0.111. The summed E-state index contributed by atoms with van der Waals surface area (Å²) >= 11 is 0. The fourth-order valence-electron chi connectivity index (χ4n) is 0.741. The largest absolute Gasteiger partial charge is 0.296 e. The third-order valence-electron chi connectivity index (χ3n) is 1.16. The Balaban J connectivity index is 3.15. The highest BCUT2D eigenvalue weighted by molar-refractivity contribution is 5.73. The zero-order valence-corrected chi connectivity index (χ0v) is 5.46. The standard InChI is InChI=1S/C6H8N2O/c1-5-3-8(2)7-6(5)4-9/h3-4H,1-2H3. The Kier molecular flexibility index (Phi) is 1.34. The Hall–Kier alpha value is -1.12. The van der Waals surface area contributed by atoms with Crippen LogP contribution in [0.25, 0.3) is 0 Å². The molecule has 0 radical (unpaired) electrons. The minimum atomic E-state index is 0.525. The van der Waals surface area contributed by atoms with Crippen LogP contribution in [0.3, 0.4) is 0 Å². The first-order valence-corrected chi connectivity index (χ1v) is 2.69. The average Bonchev–Trinajstić information content (AvgIpc) is 2.10. The maximum absolute atomic E-state index is 10.2. The molecular formula is C6H8N2O. The maximum Gasteiger partial charge on any atom is 0.170 e. The minimum Gasteiger partial charge on any atom is -0.296 e. The Morgan fingerprint density at radius 1 is 1.78 bits per heavy atom. The van der Waals surface area contributed by atoms with E-state index in [9.17, 15) is 4.79 Å². The van der Waals surface area contributed by atoms with Crippen molar-refractivity contribution in [2.45, 2.75) is 6.92 Å². The molecule has 0 aromatic carbocycles. The van der Waals surface area contributed by atoms with Gasteiger partial charge in [-0.2, -0.15) is 5.10 Å². The van der Waals surface area contributed by atoms with Crippen LogP contribution >= 0.6 is 0 Å². The Bertz CT molecular complexity index is 227. The smallest absolute Gasteiger partial charge is 0.170 e. The molecule has 0 aliphatic heterocycles.